The highest BCUT2D eigenvalue weighted by Crippen LogP contribution is 2.16. The predicted molar refractivity (Wildman–Crippen MR) is 73.9 cm³/mol. The lowest BCUT2D eigenvalue weighted by molar-refractivity contribution is -0.137. The molecule has 0 aliphatic heterocycles. The van der Waals surface area contributed by atoms with Crippen molar-refractivity contribution in [2.75, 3.05) is 18.0 Å². The molecule has 1 atom stereocenters. The quantitative estimate of drug-likeness (QED) is 0.745. The van der Waals surface area contributed by atoms with Crippen LogP contribution >= 0.6 is 0 Å². The molecule has 104 valence electrons. The largest absolute Gasteiger partial charge is 0.481 e. The first-order valence-electron chi connectivity index (χ1n) is 6.32. The van der Waals surface area contributed by atoms with E-state index in [1.54, 1.807) is 6.92 Å². The first kappa shape index (κ1) is 15.0. The highest BCUT2D eigenvalue weighted by molar-refractivity contribution is 5.77. The van der Waals surface area contributed by atoms with Gasteiger partial charge in [0, 0.05) is 25.2 Å². The molecule has 0 aromatic heterocycles. The standard InChI is InChI=1S/C14H20N2O3/c1-11(14(15)19)10-16(9-5-8-13(17)18)12-6-3-2-4-7-12/h2-4,6-7,11H,5,8-10H2,1H3,(H2,15,19)(H,17,18). The number of nitrogens with zero attached hydrogens (tertiary/aromatic N) is 1. The first-order chi connectivity index (χ1) is 9.00. The number of aliphatic carboxylic acids is 1. The van der Waals surface area contributed by atoms with Gasteiger partial charge in [-0.15, -0.1) is 0 Å². The Labute approximate surface area is 113 Å². The number of carboxylic acids is 1. The van der Waals surface area contributed by atoms with Crippen molar-refractivity contribution in [3.05, 3.63) is 30.3 Å². The van der Waals surface area contributed by atoms with Crippen LogP contribution in [-0.2, 0) is 9.59 Å². The number of para-hydroxylation sites is 1. The van der Waals surface area contributed by atoms with Crippen LogP contribution in [0.2, 0.25) is 0 Å². The summed E-state index contributed by atoms with van der Waals surface area (Å²) in [6.07, 6.45) is 0.657. The summed E-state index contributed by atoms with van der Waals surface area (Å²) >= 11 is 0. The third-order valence-corrected chi connectivity index (χ3v) is 2.92. The van der Waals surface area contributed by atoms with Gasteiger partial charge in [-0.2, -0.15) is 0 Å². The summed E-state index contributed by atoms with van der Waals surface area (Å²) in [4.78, 5) is 23.7. The molecular formula is C14H20N2O3. The van der Waals surface area contributed by atoms with E-state index in [0.29, 0.717) is 19.5 Å². The van der Waals surface area contributed by atoms with Crippen LogP contribution in [-0.4, -0.2) is 30.1 Å². The third-order valence-electron chi connectivity index (χ3n) is 2.92. The number of rotatable bonds is 8. The van der Waals surface area contributed by atoms with Gasteiger partial charge in [0.05, 0.1) is 5.92 Å². The molecule has 3 N–H and O–H groups in total. The van der Waals surface area contributed by atoms with Crippen LogP contribution in [0.5, 0.6) is 0 Å². The fourth-order valence-corrected chi connectivity index (χ4v) is 1.81. The zero-order valence-corrected chi connectivity index (χ0v) is 11.1. The number of anilines is 1. The lowest BCUT2D eigenvalue weighted by Gasteiger charge is -2.26. The Hall–Kier alpha value is -2.04. The van der Waals surface area contributed by atoms with Crippen molar-refractivity contribution in [3.63, 3.8) is 0 Å². The average Bonchev–Trinajstić information content (AvgIpc) is 2.38. The minimum Gasteiger partial charge on any atom is -0.481 e. The summed E-state index contributed by atoms with van der Waals surface area (Å²) in [7, 11) is 0. The molecule has 0 saturated heterocycles. The Kier molecular flexibility index (Phi) is 5.85. The minimum absolute atomic E-state index is 0.119. The number of nitrogens with two attached hydrogens (primary N) is 1. The van der Waals surface area contributed by atoms with Crippen LogP contribution in [0.25, 0.3) is 0 Å². The molecule has 0 bridgehead atoms. The summed E-state index contributed by atoms with van der Waals surface area (Å²) in [6, 6.07) is 9.61. The number of carbonyl (C=O) groups excluding carboxylic acids is 1. The van der Waals surface area contributed by atoms with Gasteiger partial charge in [-0.1, -0.05) is 25.1 Å². The van der Waals surface area contributed by atoms with Crippen LogP contribution in [0, 0.1) is 5.92 Å². The fraction of sp³-hybridized carbons (Fsp3) is 0.429. The molecule has 1 amide bonds. The Balaban J connectivity index is 2.68. The van der Waals surface area contributed by atoms with Crippen LogP contribution in [0.4, 0.5) is 5.69 Å². The van der Waals surface area contributed by atoms with Crippen molar-refractivity contribution in [1.82, 2.24) is 0 Å². The molecule has 0 saturated carbocycles. The van der Waals surface area contributed by atoms with Crippen molar-refractivity contribution in [3.8, 4) is 0 Å². The van der Waals surface area contributed by atoms with Gasteiger partial charge in [-0.25, -0.2) is 0 Å². The fourth-order valence-electron chi connectivity index (χ4n) is 1.81. The topological polar surface area (TPSA) is 83.6 Å². The van der Waals surface area contributed by atoms with Gasteiger partial charge in [-0.05, 0) is 18.6 Å². The Morgan fingerprint density at radius 3 is 2.47 bits per heavy atom. The van der Waals surface area contributed by atoms with Crippen LogP contribution < -0.4 is 10.6 Å². The second-order valence-corrected chi connectivity index (χ2v) is 4.58. The van der Waals surface area contributed by atoms with Crippen molar-refractivity contribution in [2.45, 2.75) is 19.8 Å². The molecule has 0 aliphatic rings. The Morgan fingerprint density at radius 1 is 1.32 bits per heavy atom. The molecule has 0 radical (unpaired) electrons. The molecule has 5 nitrogen and oxygen atoms in total. The van der Waals surface area contributed by atoms with Crippen LogP contribution in [0.1, 0.15) is 19.8 Å². The molecule has 19 heavy (non-hydrogen) atoms. The second kappa shape index (κ2) is 7.41. The van der Waals surface area contributed by atoms with E-state index < -0.39 is 5.97 Å². The predicted octanol–water partition coefficient (Wildman–Crippen LogP) is 1.48. The Bertz CT molecular complexity index is 420. The molecule has 0 fully saturated rings. The van der Waals surface area contributed by atoms with E-state index in [4.69, 9.17) is 10.8 Å². The number of primary amides is 1. The van der Waals surface area contributed by atoms with Gasteiger partial charge in [-0.3, -0.25) is 9.59 Å². The number of carbonyl (C=O) groups is 2. The van der Waals surface area contributed by atoms with Crippen molar-refractivity contribution in [1.29, 1.82) is 0 Å². The zero-order valence-electron chi connectivity index (χ0n) is 11.1. The molecule has 1 aromatic rings. The highest BCUT2D eigenvalue weighted by atomic mass is 16.4. The maximum Gasteiger partial charge on any atom is 0.303 e. The monoisotopic (exact) mass is 264 g/mol. The number of benzene rings is 1. The summed E-state index contributed by atoms with van der Waals surface area (Å²) in [6.45, 7) is 2.86. The second-order valence-electron chi connectivity index (χ2n) is 4.58. The van der Waals surface area contributed by atoms with E-state index in [0.717, 1.165) is 5.69 Å². The van der Waals surface area contributed by atoms with E-state index in [1.165, 1.54) is 0 Å². The molecule has 5 heteroatoms. The smallest absolute Gasteiger partial charge is 0.303 e. The maximum atomic E-state index is 11.1. The lowest BCUT2D eigenvalue weighted by Crippen LogP contribution is -2.35. The highest BCUT2D eigenvalue weighted by Gasteiger charge is 2.15. The van der Waals surface area contributed by atoms with E-state index in [9.17, 15) is 9.59 Å². The van der Waals surface area contributed by atoms with E-state index >= 15 is 0 Å². The average molecular weight is 264 g/mol. The molecule has 1 rings (SSSR count). The van der Waals surface area contributed by atoms with E-state index in [2.05, 4.69) is 0 Å². The number of amides is 1. The van der Waals surface area contributed by atoms with Crippen molar-refractivity contribution >= 4 is 17.6 Å². The minimum atomic E-state index is -0.809. The van der Waals surface area contributed by atoms with Crippen molar-refractivity contribution in [2.24, 2.45) is 11.7 Å². The van der Waals surface area contributed by atoms with E-state index in [1.807, 2.05) is 35.2 Å². The molecule has 0 heterocycles. The molecular weight excluding hydrogens is 244 g/mol. The normalized spacial score (nSPS) is 11.8. The molecule has 1 aromatic carbocycles. The summed E-state index contributed by atoms with van der Waals surface area (Å²) in [5.74, 6) is -1.43. The lowest BCUT2D eigenvalue weighted by atomic mass is 10.1. The van der Waals surface area contributed by atoms with Crippen molar-refractivity contribution < 1.29 is 14.7 Å². The number of carboxylic acid groups (broad SMARTS) is 1. The Morgan fingerprint density at radius 2 is 1.95 bits per heavy atom. The van der Waals surface area contributed by atoms with Gasteiger partial charge < -0.3 is 15.7 Å². The van der Waals surface area contributed by atoms with Crippen LogP contribution in [0.3, 0.4) is 0 Å². The maximum absolute atomic E-state index is 11.1. The molecule has 0 aliphatic carbocycles. The van der Waals surface area contributed by atoms with Gasteiger partial charge in [0.1, 0.15) is 0 Å². The number of hydrogen-bond donors (Lipinski definition) is 2. The molecule has 0 spiro atoms. The summed E-state index contributed by atoms with van der Waals surface area (Å²) < 4.78 is 0. The van der Waals surface area contributed by atoms with Gasteiger partial charge in [0.15, 0.2) is 0 Å². The summed E-state index contributed by atoms with van der Waals surface area (Å²) in [5.41, 5.74) is 6.25. The zero-order chi connectivity index (χ0) is 14.3. The molecule has 1 unspecified atom stereocenters. The SMILES string of the molecule is CC(CN(CCCC(=O)O)c1ccccc1)C(N)=O. The number of hydrogen-bond acceptors (Lipinski definition) is 3. The summed E-state index contributed by atoms with van der Waals surface area (Å²) in [5, 5.41) is 8.67. The first-order valence-corrected chi connectivity index (χ1v) is 6.32. The van der Waals surface area contributed by atoms with Gasteiger partial charge in [0.25, 0.3) is 0 Å². The van der Waals surface area contributed by atoms with Crippen LogP contribution in [0.15, 0.2) is 30.3 Å². The van der Waals surface area contributed by atoms with Gasteiger partial charge in [0.2, 0.25) is 5.91 Å². The van der Waals surface area contributed by atoms with E-state index in [-0.39, 0.29) is 18.2 Å². The van der Waals surface area contributed by atoms with Gasteiger partial charge >= 0.3 is 5.97 Å². The third kappa shape index (κ3) is 5.42.